The van der Waals surface area contributed by atoms with Crippen LogP contribution in [0.4, 0.5) is 17.1 Å². The molecule has 2 aromatic carbocycles. The van der Waals surface area contributed by atoms with E-state index < -0.39 is 5.97 Å². The van der Waals surface area contributed by atoms with E-state index in [4.69, 9.17) is 4.74 Å². The number of rotatable bonds is 6. The van der Waals surface area contributed by atoms with E-state index in [0.29, 0.717) is 16.9 Å². The van der Waals surface area contributed by atoms with Crippen molar-refractivity contribution in [3.63, 3.8) is 0 Å². The summed E-state index contributed by atoms with van der Waals surface area (Å²) in [5.41, 5.74) is 3.89. The Morgan fingerprint density at radius 2 is 1.75 bits per heavy atom. The van der Waals surface area contributed by atoms with Crippen LogP contribution < -0.4 is 10.6 Å². The van der Waals surface area contributed by atoms with Crippen LogP contribution in [-0.2, 0) is 11.2 Å². The van der Waals surface area contributed by atoms with Gasteiger partial charge >= 0.3 is 5.97 Å². The Morgan fingerprint density at radius 3 is 2.46 bits per heavy atom. The van der Waals surface area contributed by atoms with Crippen molar-refractivity contribution >= 4 is 28.9 Å². The Labute approximate surface area is 163 Å². The van der Waals surface area contributed by atoms with E-state index in [1.54, 1.807) is 36.5 Å². The summed E-state index contributed by atoms with van der Waals surface area (Å²) in [6, 6.07) is 16.5. The van der Waals surface area contributed by atoms with Crippen LogP contribution in [0.2, 0.25) is 0 Å². The molecule has 6 heteroatoms. The first-order chi connectivity index (χ1) is 13.6. The van der Waals surface area contributed by atoms with Crippen LogP contribution in [-0.4, -0.2) is 24.0 Å². The topological polar surface area (TPSA) is 80.3 Å². The predicted octanol–water partition coefficient (Wildman–Crippen LogP) is 4.43. The van der Waals surface area contributed by atoms with Gasteiger partial charge in [0.05, 0.1) is 35.8 Å². The first kappa shape index (κ1) is 19.1. The van der Waals surface area contributed by atoms with Gasteiger partial charge < -0.3 is 15.4 Å². The number of para-hydroxylation sites is 1. The number of methoxy groups -OCH3 is 1. The highest BCUT2D eigenvalue weighted by molar-refractivity contribution is 6.08. The zero-order valence-electron chi connectivity index (χ0n) is 15.7. The van der Waals surface area contributed by atoms with Gasteiger partial charge in [0.2, 0.25) is 0 Å². The number of hydrogen-bond donors (Lipinski definition) is 2. The van der Waals surface area contributed by atoms with Crippen LogP contribution in [0.25, 0.3) is 0 Å². The molecule has 1 amide bonds. The molecular formula is C22H21N3O3. The molecule has 0 spiro atoms. The highest BCUT2D eigenvalue weighted by atomic mass is 16.5. The third-order valence-electron chi connectivity index (χ3n) is 4.23. The van der Waals surface area contributed by atoms with Crippen LogP contribution in [0.3, 0.4) is 0 Å². The molecule has 0 aliphatic rings. The molecular weight excluding hydrogens is 354 g/mol. The summed E-state index contributed by atoms with van der Waals surface area (Å²) in [5.74, 6) is -0.881. The van der Waals surface area contributed by atoms with Gasteiger partial charge in [0.25, 0.3) is 5.91 Å². The lowest BCUT2D eigenvalue weighted by molar-refractivity contribution is 0.0602. The van der Waals surface area contributed by atoms with Gasteiger partial charge in [-0.2, -0.15) is 0 Å². The maximum absolute atomic E-state index is 12.6. The van der Waals surface area contributed by atoms with E-state index in [2.05, 4.69) is 34.7 Å². The molecule has 3 aromatic rings. The van der Waals surface area contributed by atoms with E-state index in [1.807, 2.05) is 12.1 Å². The number of amides is 1. The molecule has 1 heterocycles. The molecule has 3 rings (SSSR count). The zero-order chi connectivity index (χ0) is 19.9. The maximum Gasteiger partial charge on any atom is 0.339 e. The zero-order valence-corrected chi connectivity index (χ0v) is 15.7. The molecule has 0 aliphatic carbocycles. The molecule has 0 saturated carbocycles. The highest BCUT2D eigenvalue weighted by Gasteiger charge is 2.14. The quantitative estimate of drug-likeness (QED) is 0.623. The molecule has 0 bridgehead atoms. The number of esters is 1. The first-order valence-electron chi connectivity index (χ1n) is 8.90. The Morgan fingerprint density at radius 1 is 1.00 bits per heavy atom. The first-order valence-corrected chi connectivity index (χ1v) is 8.90. The smallest absolute Gasteiger partial charge is 0.339 e. The molecule has 28 heavy (non-hydrogen) atoms. The molecule has 0 fully saturated rings. The number of benzene rings is 2. The van der Waals surface area contributed by atoms with Gasteiger partial charge in [-0.3, -0.25) is 9.78 Å². The maximum atomic E-state index is 12.6. The lowest BCUT2D eigenvalue weighted by atomic mass is 10.1. The van der Waals surface area contributed by atoms with Crippen molar-refractivity contribution < 1.29 is 14.3 Å². The van der Waals surface area contributed by atoms with E-state index >= 15 is 0 Å². The third-order valence-corrected chi connectivity index (χ3v) is 4.23. The summed E-state index contributed by atoms with van der Waals surface area (Å²) in [5, 5.41) is 5.98. The van der Waals surface area contributed by atoms with Crippen LogP contribution in [0, 0.1) is 0 Å². The lowest BCUT2D eigenvalue weighted by Gasteiger charge is -2.11. The number of nitrogens with zero attached hydrogens (tertiary/aromatic N) is 1. The van der Waals surface area contributed by atoms with Crippen molar-refractivity contribution in [2.75, 3.05) is 17.7 Å². The van der Waals surface area contributed by atoms with Gasteiger partial charge in [0.15, 0.2) is 0 Å². The average molecular weight is 375 g/mol. The number of aromatic nitrogens is 1. The fourth-order valence-electron chi connectivity index (χ4n) is 2.70. The Kier molecular flexibility index (Phi) is 6.01. The molecule has 0 radical (unpaired) electrons. The molecule has 6 nitrogen and oxygen atoms in total. The van der Waals surface area contributed by atoms with Crippen molar-refractivity contribution in [3.8, 4) is 0 Å². The second-order valence-corrected chi connectivity index (χ2v) is 6.13. The molecule has 0 aliphatic heterocycles. The van der Waals surface area contributed by atoms with Gasteiger partial charge in [0.1, 0.15) is 0 Å². The minimum absolute atomic E-state index is 0.289. The fraction of sp³-hybridized carbons (Fsp3) is 0.136. The highest BCUT2D eigenvalue weighted by Crippen LogP contribution is 2.20. The van der Waals surface area contributed by atoms with Gasteiger partial charge in [-0.15, -0.1) is 0 Å². The number of anilines is 3. The van der Waals surface area contributed by atoms with Crippen LogP contribution in [0.1, 0.15) is 33.2 Å². The fourth-order valence-corrected chi connectivity index (χ4v) is 2.70. The third kappa shape index (κ3) is 4.54. The molecule has 0 saturated heterocycles. The lowest BCUT2D eigenvalue weighted by Crippen LogP contribution is -2.15. The number of pyridine rings is 1. The van der Waals surface area contributed by atoms with Crippen molar-refractivity contribution in [1.82, 2.24) is 4.98 Å². The average Bonchev–Trinajstić information content (AvgIpc) is 2.74. The van der Waals surface area contributed by atoms with Crippen LogP contribution in [0.15, 0.2) is 67.0 Å². The van der Waals surface area contributed by atoms with Crippen molar-refractivity contribution in [2.24, 2.45) is 0 Å². The largest absolute Gasteiger partial charge is 0.465 e. The number of carbonyl (C=O) groups excluding carboxylic acids is 2. The number of hydrogen-bond acceptors (Lipinski definition) is 5. The Bertz CT molecular complexity index is 984. The predicted molar refractivity (Wildman–Crippen MR) is 109 cm³/mol. The van der Waals surface area contributed by atoms with Crippen LogP contribution in [0.5, 0.6) is 0 Å². The van der Waals surface area contributed by atoms with Gasteiger partial charge in [0, 0.05) is 11.9 Å². The van der Waals surface area contributed by atoms with E-state index in [1.165, 1.54) is 18.9 Å². The van der Waals surface area contributed by atoms with Crippen LogP contribution >= 0.6 is 0 Å². The number of ether oxygens (including phenoxy) is 1. The molecule has 2 N–H and O–H groups in total. The SMILES string of the molecule is CCc1ccc(Nc2cncc(C(=O)Nc3ccccc3C(=O)OC)c2)cc1. The Balaban J connectivity index is 1.76. The Hall–Kier alpha value is -3.67. The van der Waals surface area contributed by atoms with E-state index in [0.717, 1.165) is 12.1 Å². The molecule has 0 atom stereocenters. The van der Waals surface area contributed by atoms with Gasteiger partial charge in [-0.25, -0.2) is 4.79 Å². The summed E-state index contributed by atoms with van der Waals surface area (Å²) in [6.45, 7) is 2.10. The van der Waals surface area contributed by atoms with E-state index in [-0.39, 0.29) is 11.5 Å². The number of carbonyl (C=O) groups is 2. The number of aryl methyl sites for hydroxylation is 1. The van der Waals surface area contributed by atoms with Crippen molar-refractivity contribution in [1.29, 1.82) is 0 Å². The van der Waals surface area contributed by atoms with Gasteiger partial charge in [-0.05, 0) is 42.3 Å². The molecule has 1 aromatic heterocycles. The number of nitrogens with one attached hydrogen (secondary N) is 2. The second-order valence-electron chi connectivity index (χ2n) is 6.13. The standard InChI is InChI=1S/C22H21N3O3/c1-3-15-8-10-17(11-9-15)24-18-12-16(13-23-14-18)21(26)25-20-7-5-4-6-19(20)22(27)28-2/h4-14,24H,3H2,1-2H3,(H,25,26). The summed E-state index contributed by atoms with van der Waals surface area (Å²) in [6.07, 6.45) is 4.10. The van der Waals surface area contributed by atoms with E-state index in [9.17, 15) is 9.59 Å². The summed E-state index contributed by atoms with van der Waals surface area (Å²) >= 11 is 0. The summed E-state index contributed by atoms with van der Waals surface area (Å²) < 4.78 is 4.75. The molecule has 142 valence electrons. The minimum Gasteiger partial charge on any atom is -0.465 e. The monoisotopic (exact) mass is 375 g/mol. The normalized spacial score (nSPS) is 10.2. The molecule has 0 unspecified atom stereocenters. The van der Waals surface area contributed by atoms with Crippen molar-refractivity contribution in [2.45, 2.75) is 13.3 Å². The second kappa shape index (κ2) is 8.81. The van der Waals surface area contributed by atoms with Crippen molar-refractivity contribution in [3.05, 3.63) is 83.7 Å². The summed E-state index contributed by atoms with van der Waals surface area (Å²) in [7, 11) is 1.30. The minimum atomic E-state index is -0.514. The van der Waals surface area contributed by atoms with Gasteiger partial charge in [-0.1, -0.05) is 31.2 Å². The summed E-state index contributed by atoms with van der Waals surface area (Å²) in [4.78, 5) is 28.6.